The van der Waals surface area contributed by atoms with Crippen LogP contribution in [0.25, 0.3) is 0 Å². The summed E-state index contributed by atoms with van der Waals surface area (Å²) >= 11 is 1.59. The number of phenols is 1. The van der Waals surface area contributed by atoms with E-state index in [1.54, 1.807) is 30.0 Å². The average molecular weight is 449 g/mol. The van der Waals surface area contributed by atoms with Gasteiger partial charge in [0.15, 0.2) is 0 Å². The zero-order chi connectivity index (χ0) is 22.3. The van der Waals surface area contributed by atoms with Gasteiger partial charge in [0.2, 0.25) is 5.91 Å². The minimum Gasteiger partial charge on any atom is -0.507 e. The fourth-order valence-electron chi connectivity index (χ4n) is 3.47. The molecule has 32 heavy (non-hydrogen) atoms. The predicted molar refractivity (Wildman–Crippen MR) is 125 cm³/mol. The van der Waals surface area contributed by atoms with Crippen LogP contribution in [0.5, 0.6) is 17.2 Å². The fourth-order valence-corrected chi connectivity index (χ4v) is 4.69. The summed E-state index contributed by atoms with van der Waals surface area (Å²) in [4.78, 5) is 25.2. The van der Waals surface area contributed by atoms with E-state index in [0.29, 0.717) is 12.3 Å². The number of thioether (sulfide) groups is 1. The third kappa shape index (κ3) is 5.42. The van der Waals surface area contributed by atoms with Gasteiger partial charge < -0.3 is 20.5 Å². The van der Waals surface area contributed by atoms with Gasteiger partial charge >= 0.3 is 0 Å². The number of aromatic hydroxyl groups is 1. The minimum absolute atomic E-state index is 0.0646. The molecule has 3 N–H and O–H groups in total. The lowest BCUT2D eigenvalue weighted by Crippen LogP contribution is -2.43. The van der Waals surface area contributed by atoms with Gasteiger partial charge in [-0.05, 0) is 54.1 Å². The second kappa shape index (κ2) is 10.2. The third-order valence-corrected chi connectivity index (χ3v) is 6.45. The maximum atomic E-state index is 12.9. The summed E-state index contributed by atoms with van der Waals surface area (Å²) < 4.78 is 5.82. The lowest BCUT2D eigenvalue weighted by Gasteiger charge is -2.18. The molecule has 0 bridgehead atoms. The molecule has 164 valence electrons. The Balaban J connectivity index is 1.34. The molecular weight excluding hydrogens is 424 g/mol. The van der Waals surface area contributed by atoms with E-state index in [1.807, 2.05) is 54.6 Å². The highest BCUT2D eigenvalue weighted by molar-refractivity contribution is 8.00. The number of hydrogen-bond acceptors (Lipinski definition) is 5. The molecule has 0 radical (unpaired) electrons. The van der Waals surface area contributed by atoms with E-state index in [0.717, 1.165) is 23.5 Å². The van der Waals surface area contributed by atoms with Crippen LogP contribution in [0.4, 0.5) is 0 Å². The van der Waals surface area contributed by atoms with Crippen LogP contribution in [0.1, 0.15) is 27.6 Å². The van der Waals surface area contributed by atoms with Gasteiger partial charge in [0, 0.05) is 12.6 Å². The summed E-state index contributed by atoms with van der Waals surface area (Å²) in [6, 6.07) is 23.3. The zero-order valence-electron chi connectivity index (χ0n) is 17.4. The van der Waals surface area contributed by atoms with Gasteiger partial charge in [0.05, 0.1) is 5.56 Å². The third-order valence-electron chi connectivity index (χ3n) is 5.15. The molecule has 3 aromatic carbocycles. The number of ether oxygens (including phenoxy) is 1. The number of hydrogen-bond donors (Lipinski definition) is 3. The molecule has 1 saturated heterocycles. The first-order valence-corrected chi connectivity index (χ1v) is 11.5. The van der Waals surface area contributed by atoms with E-state index < -0.39 is 0 Å². The lowest BCUT2D eigenvalue weighted by atomic mass is 10.1. The summed E-state index contributed by atoms with van der Waals surface area (Å²) in [5.41, 5.74) is 1.13. The highest BCUT2D eigenvalue weighted by Gasteiger charge is 2.27. The molecular formula is C25H24N2O4S. The van der Waals surface area contributed by atoms with Crippen molar-refractivity contribution in [3.8, 4) is 17.2 Å². The van der Waals surface area contributed by atoms with Crippen molar-refractivity contribution < 1.29 is 19.4 Å². The molecule has 1 fully saturated rings. The number of carbonyl (C=O) groups is 2. The van der Waals surface area contributed by atoms with Crippen molar-refractivity contribution >= 4 is 23.6 Å². The molecule has 1 heterocycles. The Morgan fingerprint density at radius 2 is 1.69 bits per heavy atom. The van der Waals surface area contributed by atoms with Crippen LogP contribution in [0, 0.1) is 0 Å². The van der Waals surface area contributed by atoms with Crippen LogP contribution in [0.3, 0.4) is 0 Å². The van der Waals surface area contributed by atoms with Crippen LogP contribution in [0.15, 0.2) is 78.9 Å². The first-order valence-electron chi connectivity index (χ1n) is 10.4. The highest BCUT2D eigenvalue weighted by Crippen LogP contribution is 2.33. The Morgan fingerprint density at radius 3 is 2.44 bits per heavy atom. The van der Waals surface area contributed by atoms with Crippen molar-refractivity contribution in [2.75, 3.05) is 12.3 Å². The van der Waals surface area contributed by atoms with Gasteiger partial charge in [-0.1, -0.05) is 42.5 Å². The molecule has 0 spiro atoms. The van der Waals surface area contributed by atoms with Gasteiger partial charge in [-0.2, -0.15) is 0 Å². The Labute approximate surface area is 191 Å². The number of rotatable bonds is 6. The molecule has 0 saturated carbocycles. The van der Waals surface area contributed by atoms with E-state index in [4.69, 9.17) is 4.74 Å². The smallest absolute Gasteiger partial charge is 0.255 e. The quantitative estimate of drug-likeness (QED) is 0.524. The van der Waals surface area contributed by atoms with Crippen LogP contribution in [-0.4, -0.2) is 35.3 Å². The number of carbonyl (C=O) groups excluding carboxylic acids is 2. The molecule has 0 unspecified atom stereocenters. The Kier molecular flexibility index (Phi) is 6.97. The number of benzene rings is 3. The van der Waals surface area contributed by atoms with Crippen LogP contribution < -0.4 is 15.4 Å². The number of amides is 2. The molecule has 1 aliphatic heterocycles. The summed E-state index contributed by atoms with van der Waals surface area (Å²) in [6.45, 7) is 0.302. The van der Waals surface area contributed by atoms with Gasteiger partial charge in [0.25, 0.3) is 5.91 Å². The molecule has 2 atom stereocenters. The molecule has 0 aromatic heterocycles. The molecule has 7 heteroatoms. The second-order valence-electron chi connectivity index (χ2n) is 7.46. The zero-order valence-corrected chi connectivity index (χ0v) is 18.2. The predicted octanol–water partition coefficient (Wildman–Crippen LogP) is 4.28. The van der Waals surface area contributed by atoms with Crippen molar-refractivity contribution in [1.29, 1.82) is 0 Å². The van der Waals surface area contributed by atoms with Crippen LogP contribution in [0.2, 0.25) is 0 Å². The largest absolute Gasteiger partial charge is 0.507 e. The summed E-state index contributed by atoms with van der Waals surface area (Å²) in [5, 5.41) is 15.3. The average Bonchev–Trinajstić information content (AvgIpc) is 3.00. The van der Waals surface area contributed by atoms with Crippen LogP contribution in [-0.2, 0) is 4.79 Å². The Morgan fingerprint density at radius 1 is 1.00 bits per heavy atom. The van der Waals surface area contributed by atoms with E-state index in [-0.39, 0.29) is 34.4 Å². The summed E-state index contributed by atoms with van der Waals surface area (Å²) in [7, 11) is 0. The normalized spacial score (nSPS) is 18.3. The molecule has 6 nitrogen and oxygen atoms in total. The van der Waals surface area contributed by atoms with Crippen molar-refractivity contribution in [3.63, 3.8) is 0 Å². The van der Waals surface area contributed by atoms with E-state index in [2.05, 4.69) is 10.6 Å². The van der Waals surface area contributed by atoms with Crippen LogP contribution >= 0.6 is 11.8 Å². The van der Waals surface area contributed by atoms with Gasteiger partial charge in [-0.15, -0.1) is 11.8 Å². The van der Waals surface area contributed by atoms with Gasteiger partial charge in [-0.3, -0.25) is 9.59 Å². The Hall–Kier alpha value is -3.45. The maximum Gasteiger partial charge on any atom is 0.255 e. The van der Waals surface area contributed by atoms with E-state index >= 15 is 0 Å². The molecule has 3 aromatic rings. The number of nitrogens with one attached hydrogen (secondary N) is 2. The second-order valence-corrected chi connectivity index (χ2v) is 8.67. The first-order chi connectivity index (χ1) is 15.6. The van der Waals surface area contributed by atoms with Crippen molar-refractivity contribution in [3.05, 3.63) is 90.0 Å². The lowest BCUT2D eigenvalue weighted by molar-refractivity contribution is -0.121. The molecule has 0 aliphatic carbocycles. The minimum atomic E-state index is -0.361. The summed E-state index contributed by atoms with van der Waals surface area (Å²) in [5.74, 6) is 1.75. The van der Waals surface area contributed by atoms with Gasteiger partial charge in [0.1, 0.15) is 22.5 Å². The molecule has 2 amide bonds. The maximum absolute atomic E-state index is 12.9. The Bertz CT molecular complexity index is 1070. The van der Waals surface area contributed by atoms with Crippen molar-refractivity contribution in [2.45, 2.75) is 17.7 Å². The fraction of sp³-hybridized carbons (Fsp3) is 0.200. The van der Waals surface area contributed by atoms with Crippen molar-refractivity contribution in [1.82, 2.24) is 10.6 Å². The van der Waals surface area contributed by atoms with E-state index in [9.17, 15) is 14.7 Å². The first kappa shape index (κ1) is 21.8. The highest BCUT2D eigenvalue weighted by atomic mass is 32.2. The SMILES string of the molecule is O=C(NC[C@@H]1CCS[C@H](c2ccc(Oc3ccccc3)cc2)C(=O)N1)c1ccccc1O. The molecule has 1 aliphatic rings. The monoisotopic (exact) mass is 448 g/mol. The van der Waals surface area contributed by atoms with E-state index in [1.165, 1.54) is 6.07 Å². The number of phenolic OH excluding ortho intramolecular Hbond substituents is 1. The number of para-hydroxylation sites is 2. The standard InChI is InChI=1S/C25H24N2O4S/c28-22-9-5-4-8-21(22)24(29)26-16-18-14-15-32-23(25(30)27-18)17-10-12-20(13-11-17)31-19-6-2-1-3-7-19/h1-13,18,23,28H,14-16H2,(H,26,29)(H,27,30)/t18-,23+/m0/s1. The van der Waals surface area contributed by atoms with Crippen molar-refractivity contribution in [2.24, 2.45) is 0 Å². The summed E-state index contributed by atoms with van der Waals surface area (Å²) in [6.07, 6.45) is 0.739. The topological polar surface area (TPSA) is 87.7 Å². The molecule has 4 rings (SSSR count). The van der Waals surface area contributed by atoms with Gasteiger partial charge in [-0.25, -0.2) is 0 Å².